The Labute approximate surface area is 238 Å². The number of fused-ring (bicyclic) bond motifs is 2. The number of carboxylic acids is 1. The van der Waals surface area contributed by atoms with Crippen LogP contribution < -0.4 is 19.3 Å². The van der Waals surface area contributed by atoms with Crippen molar-refractivity contribution >= 4 is 34.9 Å². The molecular formula is C30H36ClN2O7+. The van der Waals surface area contributed by atoms with Gasteiger partial charge in [-0.15, -0.1) is 0 Å². The molecule has 3 heterocycles. The number of carboxylic acid groups (broad SMARTS) is 1. The van der Waals surface area contributed by atoms with E-state index in [9.17, 15) is 19.5 Å². The van der Waals surface area contributed by atoms with E-state index in [-0.39, 0.29) is 31.9 Å². The number of amides is 1. The lowest BCUT2D eigenvalue weighted by atomic mass is 9.70. The minimum absolute atomic E-state index is 0.0884. The summed E-state index contributed by atoms with van der Waals surface area (Å²) >= 11 is 6.55. The van der Waals surface area contributed by atoms with Crippen molar-refractivity contribution in [3.05, 3.63) is 52.5 Å². The molecule has 0 spiro atoms. The van der Waals surface area contributed by atoms with E-state index < -0.39 is 39.3 Å². The molecule has 0 bridgehead atoms. The summed E-state index contributed by atoms with van der Waals surface area (Å²) in [5.41, 5.74) is -0.472. The number of benzene rings is 2. The summed E-state index contributed by atoms with van der Waals surface area (Å²) in [6.07, 6.45) is -0.651. The Hall–Kier alpha value is -2.98. The lowest BCUT2D eigenvalue weighted by Gasteiger charge is -2.54. The molecule has 1 amide bonds. The average Bonchev–Trinajstić information content (AvgIpc) is 3.02. The van der Waals surface area contributed by atoms with Gasteiger partial charge in [0, 0.05) is 41.6 Å². The van der Waals surface area contributed by atoms with Gasteiger partial charge in [-0.05, 0) is 36.8 Å². The van der Waals surface area contributed by atoms with Gasteiger partial charge >= 0.3 is 11.9 Å². The summed E-state index contributed by atoms with van der Waals surface area (Å²) in [5, 5.41) is 14.7. The van der Waals surface area contributed by atoms with Gasteiger partial charge in [0.25, 0.3) is 0 Å². The lowest BCUT2D eigenvalue weighted by molar-refractivity contribution is -0.170. The third kappa shape index (κ3) is 4.59. The summed E-state index contributed by atoms with van der Waals surface area (Å²) in [7, 11) is 0. The van der Waals surface area contributed by atoms with Crippen molar-refractivity contribution in [2.45, 2.75) is 45.8 Å². The van der Waals surface area contributed by atoms with Gasteiger partial charge in [0.1, 0.15) is 30.8 Å². The molecule has 2 N–H and O–H groups in total. The van der Waals surface area contributed by atoms with E-state index in [1.54, 1.807) is 24.3 Å². The van der Waals surface area contributed by atoms with E-state index in [1.807, 2.05) is 32.9 Å². The molecule has 0 aliphatic carbocycles. The Morgan fingerprint density at radius 2 is 1.85 bits per heavy atom. The maximum Gasteiger partial charge on any atom is 0.367 e. The van der Waals surface area contributed by atoms with E-state index >= 15 is 0 Å². The van der Waals surface area contributed by atoms with Crippen molar-refractivity contribution < 1.29 is 33.7 Å². The van der Waals surface area contributed by atoms with Gasteiger partial charge in [-0.25, -0.2) is 14.1 Å². The van der Waals surface area contributed by atoms with Crippen molar-refractivity contribution in [3.8, 4) is 11.5 Å². The Morgan fingerprint density at radius 3 is 2.52 bits per heavy atom. The maximum absolute atomic E-state index is 14.6. The molecule has 5 rings (SSSR count). The van der Waals surface area contributed by atoms with E-state index in [0.29, 0.717) is 53.1 Å². The van der Waals surface area contributed by atoms with E-state index in [1.165, 1.54) is 6.92 Å². The number of hydrogen-bond acceptors (Lipinski definition) is 7. The van der Waals surface area contributed by atoms with Crippen molar-refractivity contribution in [1.29, 1.82) is 0 Å². The zero-order valence-electron chi connectivity index (χ0n) is 23.3. The number of hydrogen-bond donors (Lipinski definition) is 2. The van der Waals surface area contributed by atoms with Gasteiger partial charge in [0.05, 0.1) is 12.5 Å². The fourth-order valence-electron chi connectivity index (χ4n) is 6.76. The Morgan fingerprint density at radius 1 is 1.12 bits per heavy atom. The van der Waals surface area contributed by atoms with Gasteiger partial charge < -0.3 is 24.6 Å². The Balaban J connectivity index is 1.82. The number of carbonyl (C=O) groups excluding carboxylic acids is 2. The molecule has 1 unspecified atom stereocenters. The summed E-state index contributed by atoms with van der Waals surface area (Å²) in [6, 6.07) is 10.6. The second kappa shape index (κ2) is 10.4. The quantitative estimate of drug-likeness (QED) is 0.515. The number of Topliss-reactive ketones (excluding diaryl/α,β-unsaturated/α-hetero) is 1. The average molecular weight is 572 g/mol. The van der Waals surface area contributed by atoms with Gasteiger partial charge in [-0.3, -0.25) is 4.79 Å². The smallest absolute Gasteiger partial charge is 0.367 e. The minimum atomic E-state index is -1.75. The fourth-order valence-corrected chi connectivity index (χ4v) is 6.94. The van der Waals surface area contributed by atoms with E-state index in [4.69, 9.17) is 25.8 Å². The van der Waals surface area contributed by atoms with Crippen molar-refractivity contribution in [1.82, 2.24) is 9.80 Å². The van der Waals surface area contributed by atoms with Crippen LogP contribution in [-0.2, 0) is 19.1 Å². The first-order valence-corrected chi connectivity index (χ1v) is 14.0. The highest BCUT2D eigenvalue weighted by molar-refractivity contribution is 6.30. The standard InChI is InChI=1S/C30H35ClN2O7/c1-18(34)22-15-32-10-9-30(22,28(36)37)33(17-29(2,3)4)23-7-6-20(31)14-21(23)27(40-16-26(33)35)19-5-8-24-25(13-19)39-12-11-38-24/h5-8,13-14,22,27,32H,9-12,15-17H2,1-4H3/p+1/t22-,27?,30+,33+/m1/s1. The number of carbonyl (C=O) groups is 3. The number of quaternary nitrogens is 1. The van der Waals surface area contributed by atoms with Gasteiger partial charge in [-0.1, -0.05) is 38.4 Å². The molecule has 3 aliphatic heterocycles. The molecule has 10 heteroatoms. The zero-order valence-corrected chi connectivity index (χ0v) is 24.0. The van der Waals surface area contributed by atoms with Crippen LogP contribution in [0.25, 0.3) is 0 Å². The predicted molar refractivity (Wildman–Crippen MR) is 150 cm³/mol. The molecular weight excluding hydrogens is 536 g/mol. The van der Waals surface area contributed by atoms with Gasteiger partial charge in [0.15, 0.2) is 18.1 Å². The minimum Gasteiger partial charge on any atom is -0.486 e. The molecule has 214 valence electrons. The SMILES string of the molecule is CC(=O)[C@H]1CNCC[C@]1(C(=O)O)[N@+]1(CC(C)(C)C)C(=O)COC(c2ccc3c(c2)OCCO3)c2cc(Cl)ccc21. The van der Waals surface area contributed by atoms with Crippen LogP contribution in [-0.4, -0.2) is 67.8 Å². The molecule has 1 saturated heterocycles. The molecule has 2 aromatic rings. The lowest BCUT2D eigenvalue weighted by Crippen LogP contribution is -2.80. The highest BCUT2D eigenvalue weighted by Gasteiger charge is 2.70. The normalized spacial score (nSPS) is 28.4. The van der Waals surface area contributed by atoms with Crippen LogP contribution in [0.5, 0.6) is 11.5 Å². The molecule has 0 saturated carbocycles. The second-order valence-corrected chi connectivity index (χ2v) is 12.5. The highest BCUT2D eigenvalue weighted by atomic mass is 35.5. The molecule has 3 aliphatic rings. The molecule has 4 atom stereocenters. The summed E-state index contributed by atoms with van der Waals surface area (Å²) in [6.45, 7) is 8.49. The molecule has 9 nitrogen and oxygen atoms in total. The van der Waals surface area contributed by atoms with Crippen LogP contribution in [0.1, 0.15) is 51.3 Å². The summed E-state index contributed by atoms with van der Waals surface area (Å²) in [4.78, 5) is 41.4. The molecule has 0 aromatic heterocycles. The topological polar surface area (TPSA) is 111 Å². The number of halogens is 1. The third-order valence-corrected chi connectivity index (χ3v) is 8.45. The number of nitrogens with one attached hydrogen (secondary N) is 1. The molecule has 0 radical (unpaired) electrons. The Bertz CT molecular complexity index is 1360. The molecule has 1 fully saturated rings. The molecule has 40 heavy (non-hydrogen) atoms. The number of ketones is 1. The number of ether oxygens (including phenoxy) is 3. The van der Waals surface area contributed by atoms with Crippen molar-refractivity contribution in [2.24, 2.45) is 11.3 Å². The maximum atomic E-state index is 14.6. The highest BCUT2D eigenvalue weighted by Crippen LogP contribution is 2.51. The van der Waals surface area contributed by atoms with Crippen LogP contribution in [0.2, 0.25) is 5.02 Å². The first-order chi connectivity index (χ1) is 18.9. The van der Waals surface area contributed by atoms with Crippen molar-refractivity contribution in [3.63, 3.8) is 0 Å². The van der Waals surface area contributed by atoms with Crippen LogP contribution >= 0.6 is 11.6 Å². The predicted octanol–water partition coefficient (Wildman–Crippen LogP) is 4.13. The molecule has 2 aromatic carbocycles. The van der Waals surface area contributed by atoms with Crippen LogP contribution in [0, 0.1) is 11.3 Å². The largest absolute Gasteiger partial charge is 0.486 e. The third-order valence-electron chi connectivity index (χ3n) is 8.21. The first-order valence-electron chi connectivity index (χ1n) is 13.6. The fraction of sp³-hybridized carbons (Fsp3) is 0.500. The first kappa shape index (κ1) is 28.5. The number of piperidine rings is 1. The van der Waals surface area contributed by atoms with E-state index in [0.717, 1.165) is 0 Å². The summed E-state index contributed by atoms with van der Waals surface area (Å²) in [5.74, 6) is -1.62. The van der Waals surface area contributed by atoms with Crippen LogP contribution in [0.3, 0.4) is 0 Å². The number of rotatable bonds is 5. The number of nitrogens with zero attached hydrogens (tertiary/aromatic N) is 1. The van der Waals surface area contributed by atoms with E-state index in [2.05, 4.69) is 5.32 Å². The second-order valence-electron chi connectivity index (χ2n) is 12.1. The Kier molecular flexibility index (Phi) is 7.46. The van der Waals surface area contributed by atoms with Crippen LogP contribution in [0.4, 0.5) is 5.69 Å². The zero-order chi connectivity index (χ0) is 28.9. The van der Waals surface area contributed by atoms with Gasteiger partial charge in [0.2, 0.25) is 5.54 Å². The van der Waals surface area contributed by atoms with Crippen molar-refractivity contribution in [2.75, 3.05) is 39.5 Å². The monoisotopic (exact) mass is 571 g/mol. The van der Waals surface area contributed by atoms with Gasteiger partial charge in [-0.2, -0.15) is 0 Å². The number of aliphatic carboxylic acids is 1. The summed E-state index contributed by atoms with van der Waals surface area (Å²) < 4.78 is 17.3. The van der Waals surface area contributed by atoms with Crippen LogP contribution in [0.15, 0.2) is 36.4 Å².